The first kappa shape index (κ1) is 18.4. The average Bonchev–Trinajstić information content (AvgIpc) is 2.94. The normalized spacial score (nSPS) is 14.7. The highest BCUT2D eigenvalue weighted by molar-refractivity contribution is 5.92. The first-order chi connectivity index (χ1) is 12.7. The summed E-state index contributed by atoms with van der Waals surface area (Å²) in [7, 11) is 0. The van der Waals surface area contributed by atoms with Crippen LogP contribution >= 0.6 is 0 Å². The Bertz CT molecular complexity index is 709. The largest absolute Gasteiger partial charge is 0.354 e. The Morgan fingerprint density at radius 1 is 1.08 bits per heavy atom. The molecule has 1 fully saturated rings. The van der Waals surface area contributed by atoms with E-state index in [0.717, 1.165) is 51.0 Å². The number of rotatable bonds is 6. The van der Waals surface area contributed by atoms with E-state index in [4.69, 9.17) is 0 Å². The molecule has 2 heterocycles. The van der Waals surface area contributed by atoms with Gasteiger partial charge in [-0.3, -0.25) is 4.79 Å². The summed E-state index contributed by atoms with van der Waals surface area (Å²) in [6.45, 7) is 4.37. The molecule has 26 heavy (non-hydrogen) atoms. The molecule has 0 spiro atoms. The van der Waals surface area contributed by atoms with Crippen LogP contribution in [-0.4, -0.2) is 40.4 Å². The molecule has 0 unspecified atom stereocenters. The van der Waals surface area contributed by atoms with Gasteiger partial charge in [0.25, 0.3) is 5.91 Å². The van der Waals surface area contributed by atoms with Gasteiger partial charge in [-0.25, -0.2) is 9.97 Å². The fraction of sp³-hybridized carbons (Fsp3) is 0.476. The molecule has 0 bridgehead atoms. The van der Waals surface area contributed by atoms with Crippen LogP contribution in [0.1, 0.15) is 53.8 Å². The van der Waals surface area contributed by atoms with Crippen molar-refractivity contribution in [2.45, 2.75) is 45.4 Å². The van der Waals surface area contributed by atoms with Gasteiger partial charge >= 0.3 is 0 Å². The zero-order valence-corrected chi connectivity index (χ0v) is 15.6. The lowest BCUT2D eigenvalue weighted by molar-refractivity contribution is 0.0755. The van der Waals surface area contributed by atoms with Crippen LogP contribution in [0.2, 0.25) is 0 Å². The van der Waals surface area contributed by atoms with E-state index in [-0.39, 0.29) is 5.91 Å². The molecule has 1 aromatic carbocycles. The molecule has 1 aliphatic rings. The molecule has 0 aliphatic carbocycles. The van der Waals surface area contributed by atoms with Crippen LogP contribution in [0, 0.1) is 6.92 Å². The first-order valence-corrected chi connectivity index (χ1v) is 9.65. The van der Waals surface area contributed by atoms with E-state index in [9.17, 15) is 4.79 Å². The second-order valence-electron chi connectivity index (χ2n) is 6.94. The number of anilines is 1. The molecule has 5 heteroatoms. The van der Waals surface area contributed by atoms with Crippen molar-refractivity contribution in [1.82, 2.24) is 14.9 Å². The van der Waals surface area contributed by atoms with Crippen LogP contribution in [0.3, 0.4) is 0 Å². The topological polar surface area (TPSA) is 58.1 Å². The first-order valence-electron chi connectivity index (χ1n) is 9.65. The van der Waals surface area contributed by atoms with Crippen LogP contribution in [0.5, 0.6) is 0 Å². The highest BCUT2D eigenvalue weighted by atomic mass is 16.2. The third kappa shape index (κ3) is 5.28. The number of nitrogens with zero attached hydrogens (tertiary/aromatic N) is 3. The molecule has 1 saturated heterocycles. The number of hydrogen-bond donors (Lipinski definition) is 1. The summed E-state index contributed by atoms with van der Waals surface area (Å²) >= 11 is 0. The van der Waals surface area contributed by atoms with Gasteiger partial charge in [-0.15, -0.1) is 0 Å². The molecule has 0 saturated carbocycles. The van der Waals surface area contributed by atoms with Crippen LogP contribution in [0.15, 0.2) is 36.4 Å². The van der Waals surface area contributed by atoms with Gasteiger partial charge in [0, 0.05) is 25.3 Å². The molecule has 3 rings (SSSR count). The van der Waals surface area contributed by atoms with E-state index in [0.29, 0.717) is 11.6 Å². The molecule has 0 radical (unpaired) electrons. The Labute approximate surface area is 155 Å². The number of benzene rings is 1. The van der Waals surface area contributed by atoms with Crippen LogP contribution < -0.4 is 5.32 Å². The number of aryl methyl sites for hydroxylation is 2. The number of carbonyl (C=O) groups is 1. The van der Waals surface area contributed by atoms with Gasteiger partial charge in [0.05, 0.1) is 0 Å². The van der Waals surface area contributed by atoms with Crippen molar-refractivity contribution in [3.8, 4) is 0 Å². The van der Waals surface area contributed by atoms with Crippen molar-refractivity contribution in [2.24, 2.45) is 0 Å². The zero-order chi connectivity index (χ0) is 18.2. The van der Waals surface area contributed by atoms with Crippen molar-refractivity contribution in [2.75, 3.05) is 25.0 Å². The van der Waals surface area contributed by atoms with Gasteiger partial charge in [-0.05, 0) is 44.2 Å². The maximum absolute atomic E-state index is 12.8. The molecule has 138 valence electrons. The quantitative estimate of drug-likeness (QED) is 0.803. The number of likely N-dealkylation sites (tertiary alicyclic amines) is 1. The van der Waals surface area contributed by atoms with E-state index in [1.165, 1.54) is 18.4 Å². The predicted molar refractivity (Wildman–Crippen MR) is 104 cm³/mol. The standard InChI is InChI=1S/C21H28N4O/c1-17-16-19(20(26)25-14-7-2-3-8-15-25)24-21(23-17)22-13-9-12-18-10-5-4-6-11-18/h4-6,10-11,16H,2-3,7-9,12-15H2,1H3,(H,22,23,24). The SMILES string of the molecule is Cc1cc(C(=O)N2CCCCCC2)nc(NCCCc2ccccc2)n1. The fourth-order valence-corrected chi connectivity index (χ4v) is 3.33. The monoisotopic (exact) mass is 352 g/mol. The Balaban J connectivity index is 1.57. The van der Waals surface area contributed by atoms with Crippen molar-refractivity contribution in [1.29, 1.82) is 0 Å². The Kier molecular flexibility index (Phi) is 6.58. The molecule has 1 aliphatic heterocycles. The minimum absolute atomic E-state index is 0.0322. The van der Waals surface area contributed by atoms with Crippen molar-refractivity contribution in [3.63, 3.8) is 0 Å². The van der Waals surface area contributed by atoms with Crippen LogP contribution in [-0.2, 0) is 6.42 Å². The highest BCUT2D eigenvalue weighted by Gasteiger charge is 2.19. The number of aromatic nitrogens is 2. The summed E-state index contributed by atoms with van der Waals surface area (Å²) in [5.74, 6) is 0.584. The minimum Gasteiger partial charge on any atom is -0.354 e. The molecule has 2 aromatic rings. The summed E-state index contributed by atoms with van der Waals surface area (Å²) in [5.41, 5.74) is 2.66. The lowest BCUT2D eigenvalue weighted by Crippen LogP contribution is -2.32. The predicted octanol–water partition coefficient (Wildman–Crippen LogP) is 3.85. The third-order valence-corrected chi connectivity index (χ3v) is 4.73. The van der Waals surface area contributed by atoms with E-state index in [1.54, 1.807) is 6.07 Å². The summed E-state index contributed by atoms with van der Waals surface area (Å²) in [5, 5.41) is 3.27. The zero-order valence-electron chi connectivity index (χ0n) is 15.6. The van der Waals surface area contributed by atoms with Gasteiger partial charge in [-0.1, -0.05) is 43.2 Å². The fourth-order valence-electron chi connectivity index (χ4n) is 3.33. The van der Waals surface area contributed by atoms with Gasteiger partial charge in [0.15, 0.2) is 0 Å². The van der Waals surface area contributed by atoms with E-state index >= 15 is 0 Å². The second kappa shape index (κ2) is 9.32. The van der Waals surface area contributed by atoms with Crippen molar-refractivity contribution in [3.05, 3.63) is 53.3 Å². The minimum atomic E-state index is 0.0322. The Morgan fingerprint density at radius 3 is 2.54 bits per heavy atom. The smallest absolute Gasteiger partial charge is 0.272 e. The molecule has 1 N–H and O–H groups in total. The molecule has 5 nitrogen and oxygen atoms in total. The lowest BCUT2D eigenvalue weighted by atomic mass is 10.1. The van der Waals surface area contributed by atoms with E-state index in [2.05, 4.69) is 39.6 Å². The van der Waals surface area contributed by atoms with Crippen molar-refractivity contribution < 1.29 is 4.79 Å². The molecule has 1 aromatic heterocycles. The van der Waals surface area contributed by atoms with Gasteiger partial charge in [0.2, 0.25) is 5.95 Å². The number of nitrogens with one attached hydrogen (secondary N) is 1. The molecular weight excluding hydrogens is 324 g/mol. The lowest BCUT2D eigenvalue weighted by Gasteiger charge is -2.20. The third-order valence-electron chi connectivity index (χ3n) is 4.73. The Morgan fingerprint density at radius 2 is 1.81 bits per heavy atom. The number of hydrogen-bond acceptors (Lipinski definition) is 4. The number of carbonyl (C=O) groups excluding carboxylic acids is 1. The molecular formula is C21H28N4O. The summed E-state index contributed by atoms with van der Waals surface area (Å²) in [6.07, 6.45) is 6.60. The summed E-state index contributed by atoms with van der Waals surface area (Å²) in [4.78, 5) is 23.6. The van der Waals surface area contributed by atoms with Gasteiger partial charge in [0.1, 0.15) is 5.69 Å². The molecule has 1 amide bonds. The Hall–Kier alpha value is -2.43. The average molecular weight is 352 g/mol. The molecule has 0 atom stereocenters. The van der Waals surface area contributed by atoms with Crippen LogP contribution in [0.25, 0.3) is 0 Å². The summed E-state index contributed by atoms with van der Waals surface area (Å²) < 4.78 is 0. The van der Waals surface area contributed by atoms with Gasteiger partial charge in [-0.2, -0.15) is 0 Å². The van der Waals surface area contributed by atoms with E-state index in [1.807, 2.05) is 17.9 Å². The maximum atomic E-state index is 12.8. The van der Waals surface area contributed by atoms with Gasteiger partial charge < -0.3 is 10.2 Å². The highest BCUT2D eigenvalue weighted by Crippen LogP contribution is 2.14. The van der Waals surface area contributed by atoms with Crippen LogP contribution in [0.4, 0.5) is 5.95 Å². The second-order valence-corrected chi connectivity index (χ2v) is 6.94. The number of amides is 1. The maximum Gasteiger partial charge on any atom is 0.272 e. The van der Waals surface area contributed by atoms with Crippen molar-refractivity contribution >= 4 is 11.9 Å². The summed E-state index contributed by atoms with van der Waals surface area (Å²) in [6, 6.07) is 12.2. The van der Waals surface area contributed by atoms with E-state index < -0.39 is 0 Å².